The topological polar surface area (TPSA) is 67.6 Å². The summed E-state index contributed by atoms with van der Waals surface area (Å²) in [5.74, 6) is 5.93. The molecule has 0 saturated carbocycles. The van der Waals surface area contributed by atoms with Crippen molar-refractivity contribution >= 4 is 11.8 Å². The van der Waals surface area contributed by atoms with Gasteiger partial charge in [0.1, 0.15) is 0 Å². The fraction of sp³-hybridized carbons (Fsp3) is 0.417. The Balaban J connectivity index is 2.53. The Hall–Kier alpha value is -1.75. The van der Waals surface area contributed by atoms with E-state index >= 15 is 0 Å². The smallest absolute Gasteiger partial charge is 0.407 e. The zero-order valence-electron chi connectivity index (χ0n) is 10.2. The van der Waals surface area contributed by atoms with Gasteiger partial charge in [-0.3, -0.25) is 0 Å². The van der Waals surface area contributed by atoms with Crippen LogP contribution in [-0.4, -0.2) is 25.8 Å². The molecule has 17 heavy (non-hydrogen) atoms. The van der Waals surface area contributed by atoms with Crippen LogP contribution in [0.5, 0.6) is 0 Å². The number of carbonyl (C=O) groups is 1. The number of para-hydroxylation sites is 1. The number of hydrogen-bond donors (Lipinski definition) is 2. The molecule has 0 heterocycles. The molecule has 0 aliphatic rings. The summed E-state index contributed by atoms with van der Waals surface area (Å²) in [6, 6.07) is 9.58. The first-order valence-electron chi connectivity index (χ1n) is 5.59. The number of amides is 1. The molecule has 0 spiro atoms. The van der Waals surface area contributed by atoms with Gasteiger partial charge in [0.2, 0.25) is 0 Å². The zero-order chi connectivity index (χ0) is 12.7. The number of benzene rings is 1. The molecule has 0 aliphatic carbocycles. The number of nitrogens with two attached hydrogens (primary N) is 1. The summed E-state index contributed by atoms with van der Waals surface area (Å²) in [6.07, 6.45) is 0.355. The van der Waals surface area contributed by atoms with Crippen molar-refractivity contribution in [3.63, 3.8) is 0 Å². The second-order valence-corrected chi connectivity index (χ2v) is 3.73. The summed E-state index contributed by atoms with van der Waals surface area (Å²) < 4.78 is 4.56. The van der Waals surface area contributed by atoms with Crippen molar-refractivity contribution in [1.29, 1.82) is 0 Å². The molecule has 5 heteroatoms. The monoisotopic (exact) mass is 237 g/mol. The summed E-state index contributed by atoms with van der Waals surface area (Å²) >= 11 is 0. The van der Waals surface area contributed by atoms with E-state index in [1.54, 1.807) is 5.01 Å². The van der Waals surface area contributed by atoms with Gasteiger partial charge in [0.05, 0.1) is 25.4 Å². The van der Waals surface area contributed by atoms with Crippen LogP contribution in [0.3, 0.4) is 0 Å². The molecule has 0 aliphatic heterocycles. The minimum absolute atomic E-state index is 0.0346. The van der Waals surface area contributed by atoms with Crippen LogP contribution in [0.1, 0.15) is 13.3 Å². The molecule has 0 saturated heterocycles. The lowest BCUT2D eigenvalue weighted by molar-refractivity contribution is 0.166. The van der Waals surface area contributed by atoms with Gasteiger partial charge in [0, 0.05) is 0 Å². The van der Waals surface area contributed by atoms with Crippen molar-refractivity contribution in [1.82, 2.24) is 5.32 Å². The highest BCUT2D eigenvalue weighted by Gasteiger charge is 2.13. The molecular formula is C12H19N3O2. The van der Waals surface area contributed by atoms with Crippen LogP contribution in [0.25, 0.3) is 0 Å². The minimum Gasteiger partial charge on any atom is -0.453 e. The third-order valence-electron chi connectivity index (χ3n) is 2.51. The number of alkyl carbamates (subject to hydrolysis) is 1. The Kier molecular flexibility index (Phi) is 5.29. The first kappa shape index (κ1) is 13.3. The van der Waals surface area contributed by atoms with Crippen molar-refractivity contribution in [2.24, 2.45) is 5.84 Å². The predicted octanol–water partition coefficient (Wildman–Crippen LogP) is 1.50. The van der Waals surface area contributed by atoms with Crippen LogP contribution in [0, 0.1) is 0 Å². The second kappa shape index (κ2) is 6.75. The van der Waals surface area contributed by atoms with E-state index in [2.05, 4.69) is 10.1 Å². The van der Waals surface area contributed by atoms with Crippen LogP contribution in [0.4, 0.5) is 10.5 Å². The number of nitrogens with zero attached hydrogens (tertiary/aromatic N) is 1. The first-order valence-corrected chi connectivity index (χ1v) is 5.59. The van der Waals surface area contributed by atoms with Gasteiger partial charge in [-0.05, 0) is 18.6 Å². The summed E-state index contributed by atoms with van der Waals surface area (Å²) in [6.45, 7) is 2.52. The maximum absolute atomic E-state index is 11.1. The lowest BCUT2D eigenvalue weighted by atomic mass is 10.2. The molecule has 1 aromatic carbocycles. The Morgan fingerprint density at radius 3 is 2.65 bits per heavy atom. The summed E-state index contributed by atoms with van der Waals surface area (Å²) in [7, 11) is 1.35. The highest BCUT2D eigenvalue weighted by molar-refractivity contribution is 5.67. The van der Waals surface area contributed by atoms with Crippen LogP contribution in [-0.2, 0) is 4.74 Å². The summed E-state index contributed by atoms with van der Waals surface area (Å²) in [5, 5.41) is 4.35. The minimum atomic E-state index is -0.432. The normalized spacial score (nSPS) is 11.7. The molecule has 1 aromatic rings. The molecule has 0 bridgehead atoms. The molecule has 1 amide bonds. The maximum atomic E-state index is 11.1. The van der Waals surface area contributed by atoms with E-state index in [1.807, 2.05) is 37.3 Å². The van der Waals surface area contributed by atoms with Gasteiger partial charge in [-0.15, -0.1) is 0 Å². The highest BCUT2D eigenvalue weighted by atomic mass is 16.5. The molecule has 0 radical (unpaired) electrons. The average Bonchev–Trinajstić information content (AvgIpc) is 2.38. The van der Waals surface area contributed by atoms with Gasteiger partial charge >= 0.3 is 6.09 Å². The van der Waals surface area contributed by atoms with E-state index in [1.165, 1.54) is 7.11 Å². The van der Waals surface area contributed by atoms with Gasteiger partial charge in [0.25, 0.3) is 0 Å². The van der Waals surface area contributed by atoms with Gasteiger partial charge < -0.3 is 15.1 Å². The van der Waals surface area contributed by atoms with Crippen LogP contribution >= 0.6 is 0 Å². The fourth-order valence-corrected chi connectivity index (χ4v) is 1.46. The third-order valence-corrected chi connectivity index (χ3v) is 2.51. The van der Waals surface area contributed by atoms with Gasteiger partial charge in [-0.25, -0.2) is 10.6 Å². The SMILES string of the molecule is CCC(CN(N)c1ccccc1)NC(=O)OC. The van der Waals surface area contributed by atoms with Crippen LogP contribution < -0.4 is 16.2 Å². The number of rotatable bonds is 5. The number of hydrazine groups is 1. The summed E-state index contributed by atoms with van der Waals surface area (Å²) in [5.41, 5.74) is 0.914. The fourth-order valence-electron chi connectivity index (χ4n) is 1.46. The van der Waals surface area contributed by atoms with E-state index in [-0.39, 0.29) is 6.04 Å². The molecule has 94 valence electrons. The number of anilines is 1. The Morgan fingerprint density at radius 1 is 1.47 bits per heavy atom. The highest BCUT2D eigenvalue weighted by Crippen LogP contribution is 2.10. The lowest BCUT2D eigenvalue weighted by Gasteiger charge is -2.24. The van der Waals surface area contributed by atoms with E-state index in [0.29, 0.717) is 6.54 Å². The number of carbonyl (C=O) groups excluding carboxylic acids is 1. The molecule has 1 atom stereocenters. The number of hydrogen-bond acceptors (Lipinski definition) is 4. The first-order chi connectivity index (χ1) is 8.17. The Morgan fingerprint density at radius 2 is 2.12 bits per heavy atom. The average molecular weight is 237 g/mol. The molecule has 0 fully saturated rings. The van der Waals surface area contributed by atoms with E-state index < -0.39 is 6.09 Å². The lowest BCUT2D eigenvalue weighted by Crippen LogP contribution is -2.46. The van der Waals surface area contributed by atoms with Crippen molar-refractivity contribution < 1.29 is 9.53 Å². The maximum Gasteiger partial charge on any atom is 0.407 e. The van der Waals surface area contributed by atoms with Crippen molar-refractivity contribution in [3.8, 4) is 0 Å². The molecule has 3 N–H and O–H groups in total. The van der Waals surface area contributed by atoms with Gasteiger partial charge in [-0.2, -0.15) is 0 Å². The van der Waals surface area contributed by atoms with E-state index in [9.17, 15) is 4.79 Å². The van der Waals surface area contributed by atoms with Crippen LogP contribution in [0.2, 0.25) is 0 Å². The molecule has 1 rings (SSSR count). The standard InChI is InChI=1S/C12H19N3O2/c1-3-10(14-12(16)17-2)9-15(13)11-7-5-4-6-8-11/h4-8,10H,3,9,13H2,1-2H3,(H,14,16). The van der Waals surface area contributed by atoms with Crippen LogP contribution in [0.15, 0.2) is 30.3 Å². The molecule has 5 nitrogen and oxygen atoms in total. The van der Waals surface area contributed by atoms with E-state index in [0.717, 1.165) is 12.1 Å². The van der Waals surface area contributed by atoms with Crippen molar-refractivity contribution in [3.05, 3.63) is 30.3 Å². The predicted molar refractivity (Wildman–Crippen MR) is 67.6 cm³/mol. The Bertz CT molecular complexity index is 343. The number of ether oxygens (including phenoxy) is 1. The van der Waals surface area contributed by atoms with Gasteiger partial charge in [-0.1, -0.05) is 25.1 Å². The zero-order valence-corrected chi connectivity index (χ0v) is 10.2. The molecule has 1 unspecified atom stereocenters. The molecule has 0 aromatic heterocycles. The third kappa shape index (κ3) is 4.32. The van der Waals surface area contributed by atoms with Gasteiger partial charge in [0.15, 0.2) is 0 Å². The quantitative estimate of drug-likeness (QED) is 0.601. The number of nitrogens with one attached hydrogen (secondary N) is 1. The second-order valence-electron chi connectivity index (χ2n) is 3.73. The van der Waals surface area contributed by atoms with E-state index in [4.69, 9.17) is 5.84 Å². The van der Waals surface area contributed by atoms with Crippen molar-refractivity contribution in [2.75, 3.05) is 18.7 Å². The Labute approximate surface area is 102 Å². The number of methoxy groups -OCH3 is 1. The summed E-state index contributed by atoms with van der Waals surface area (Å²) in [4.78, 5) is 11.1. The van der Waals surface area contributed by atoms with Crippen molar-refractivity contribution in [2.45, 2.75) is 19.4 Å². The largest absolute Gasteiger partial charge is 0.453 e. The molecular weight excluding hydrogens is 218 g/mol.